The predicted molar refractivity (Wildman–Crippen MR) is 96.2 cm³/mol. The molecule has 1 saturated heterocycles. The Morgan fingerprint density at radius 2 is 2.30 bits per heavy atom. The highest BCUT2D eigenvalue weighted by Gasteiger charge is 2.22. The average Bonchev–Trinajstić information content (AvgIpc) is 2.83. The molecule has 7 heteroatoms. The van der Waals surface area contributed by atoms with Crippen LogP contribution in [0.15, 0.2) is 11.4 Å². The molecule has 2 aromatic heterocycles. The number of nitrogens with one attached hydrogen (secondary N) is 2. The second-order valence-electron chi connectivity index (χ2n) is 6.07. The zero-order valence-corrected chi connectivity index (χ0v) is 15.3. The van der Waals surface area contributed by atoms with Crippen molar-refractivity contribution < 1.29 is 4.79 Å². The first kappa shape index (κ1) is 16.7. The summed E-state index contributed by atoms with van der Waals surface area (Å²) in [5.41, 5.74) is 1.22. The van der Waals surface area contributed by atoms with E-state index in [1.807, 2.05) is 0 Å². The van der Waals surface area contributed by atoms with Crippen LogP contribution in [-0.4, -0.2) is 40.8 Å². The molecule has 5 nitrogen and oxygen atoms in total. The van der Waals surface area contributed by atoms with Crippen molar-refractivity contribution in [1.82, 2.24) is 20.6 Å². The molecule has 1 aliphatic heterocycles. The zero-order valence-electron chi connectivity index (χ0n) is 13.7. The fraction of sp³-hybridized carbons (Fsp3) is 0.562. The van der Waals surface area contributed by atoms with Crippen LogP contribution in [0.25, 0.3) is 10.2 Å². The third-order valence-electron chi connectivity index (χ3n) is 4.40. The van der Waals surface area contributed by atoms with Crippen molar-refractivity contribution in [1.29, 1.82) is 0 Å². The van der Waals surface area contributed by atoms with Gasteiger partial charge in [0, 0.05) is 16.3 Å². The zero-order chi connectivity index (χ0) is 16.4. The molecule has 2 unspecified atom stereocenters. The molecule has 1 amide bonds. The van der Waals surface area contributed by atoms with Crippen LogP contribution in [0.2, 0.25) is 0 Å². The monoisotopic (exact) mass is 350 g/mol. The van der Waals surface area contributed by atoms with Crippen LogP contribution >= 0.6 is 23.1 Å². The van der Waals surface area contributed by atoms with E-state index in [1.54, 1.807) is 17.7 Å². The molecule has 2 aromatic rings. The lowest BCUT2D eigenvalue weighted by Crippen LogP contribution is -2.48. The van der Waals surface area contributed by atoms with E-state index < -0.39 is 0 Å². The lowest BCUT2D eigenvalue weighted by molar-refractivity contribution is -0.119. The first-order chi connectivity index (χ1) is 11.1. The Morgan fingerprint density at radius 1 is 1.48 bits per heavy atom. The summed E-state index contributed by atoms with van der Waals surface area (Å²) in [6.45, 7) is 8.32. The van der Waals surface area contributed by atoms with Crippen molar-refractivity contribution >= 4 is 39.2 Å². The van der Waals surface area contributed by atoms with Crippen molar-refractivity contribution in [3.8, 4) is 0 Å². The molecule has 2 N–H and O–H groups in total. The van der Waals surface area contributed by atoms with Gasteiger partial charge in [-0.1, -0.05) is 18.7 Å². The quantitative estimate of drug-likeness (QED) is 0.655. The largest absolute Gasteiger partial charge is 0.352 e. The topological polar surface area (TPSA) is 66.9 Å². The van der Waals surface area contributed by atoms with Gasteiger partial charge in [0.05, 0.1) is 5.75 Å². The van der Waals surface area contributed by atoms with Crippen LogP contribution < -0.4 is 10.6 Å². The highest BCUT2D eigenvalue weighted by atomic mass is 32.2. The molecular weight excluding hydrogens is 328 g/mol. The van der Waals surface area contributed by atoms with Crippen LogP contribution in [0.3, 0.4) is 0 Å². The number of amides is 1. The fourth-order valence-corrected chi connectivity index (χ4v) is 4.80. The van der Waals surface area contributed by atoms with Crippen LogP contribution in [0.5, 0.6) is 0 Å². The van der Waals surface area contributed by atoms with Gasteiger partial charge in [-0.3, -0.25) is 4.79 Å². The van der Waals surface area contributed by atoms with Gasteiger partial charge in [-0.2, -0.15) is 0 Å². The van der Waals surface area contributed by atoms with Gasteiger partial charge in [0.1, 0.15) is 16.2 Å². The van der Waals surface area contributed by atoms with Crippen LogP contribution in [0.4, 0.5) is 0 Å². The van der Waals surface area contributed by atoms with Crippen molar-refractivity contribution in [2.75, 3.05) is 18.8 Å². The molecule has 1 fully saturated rings. The summed E-state index contributed by atoms with van der Waals surface area (Å²) in [5.74, 6) is 0.965. The summed E-state index contributed by atoms with van der Waals surface area (Å²) < 4.78 is 0. The Morgan fingerprint density at radius 3 is 3.09 bits per heavy atom. The smallest absolute Gasteiger partial charge is 0.230 e. The first-order valence-corrected chi connectivity index (χ1v) is 9.70. The number of hydrogen-bond acceptors (Lipinski definition) is 6. The van der Waals surface area contributed by atoms with Gasteiger partial charge in [0.15, 0.2) is 0 Å². The summed E-state index contributed by atoms with van der Waals surface area (Å²) in [6, 6.07) is 0.278. The number of nitrogens with zero attached hydrogens (tertiary/aromatic N) is 2. The van der Waals surface area contributed by atoms with E-state index in [0.29, 0.717) is 11.7 Å². The number of rotatable bonds is 4. The molecular formula is C16H22N4OS2. The molecule has 3 rings (SSSR count). The normalized spacial score (nSPS) is 21.5. The van der Waals surface area contributed by atoms with Gasteiger partial charge in [0.25, 0.3) is 0 Å². The van der Waals surface area contributed by atoms with Gasteiger partial charge < -0.3 is 10.6 Å². The van der Waals surface area contributed by atoms with Crippen molar-refractivity contribution in [2.24, 2.45) is 5.92 Å². The number of thiophene rings is 1. The molecule has 0 aliphatic carbocycles. The van der Waals surface area contributed by atoms with Crippen LogP contribution in [0.1, 0.15) is 23.8 Å². The Hall–Kier alpha value is -1.18. The molecule has 124 valence electrons. The first-order valence-electron chi connectivity index (χ1n) is 7.90. The average molecular weight is 351 g/mol. The van der Waals surface area contributed by atoms with E-state index in [1.165, 1.54) is 22.2 Å². The van der Waals surface area contributed by atoms with E-state index in [9.17, 15) is 4.79 Å². The Labute approximate surface area is 144 Å². The highest BCUT2D eigenvalue weighted by molar-refractivity contribution is 8.00. The molecule has 0 bridgehead atoms. The summed E-state index contributed by atoms with van der Waals surface area (Å²) in [5, 5.41) is 8.53. The number of hydrogen-bond donors (Lipinski definition) is 2. The van der Waals surface area contributed by atoms with E-state index in [2.05, 4.69) is 41.4 Å². The molecule has 3 heterocycles. The summed E-state index contributed by atoms with van der Waals surface area (Å²) >= 11 is 3.19. The molecule has 0 aromatic carbocycles. The SMILES string of the molecule is Cc1sc2ncnc(SCC(=O)NC3CCNCC3C)c2c1C. The van der Waals surface area contributed by atoms with E-state index in [0.717, 1.165) is 34.8 Å². The van der Waals surface area contributed by atoms with E-state index >= 15 is 0 Å². The molecule has 0 radical (unpaired) electrons. The summed E-state index contributed by atoms with van der Waals surface area (Å²) in [6.07, 6.45) is 2.59. The van der Waals surface area contributed by atoms with Gasteiger partial charge in [-0.05, 0) is 44.8 Å². The third-order valence-corrected chi connectivity index (χ3v) is 6.51. The lowest BCUT2D eigenvalue weighted by Gasteiger charge is -2.30. The van der Waals surface area contributed by atoms with Crippen LogP contribution in [0, 0.1) is 19.8 Å². The number of thioether (sulfide) groups is 1. The van der Waals surface area contributed by atoms with Crippen molar-refractivity contribution in [3.05, 3.63) is 16.8 Å². The number of fused-ring (bicyclic) bond motifs is 1. The minimum absolute atomic E-state index is 0.0881. The van der Waals surface area contributed by atoms with Crippen molar-refractivity contribution in [3.63, 3.8) is 0 Å². The highest BCUT2D eigenvalue weighted by Crippen LogP contribution is 2.34. The van der Waals surface area contributed by atoms with Crippen molar-refractivity contribution in [2.45, 2.75) is 38.3 Å². The maximum Gasteiger partial charge on any atom is 0.230 e. The molecule has 0 saturated carbocycles. The fourth-order valence-electron chi connectivity index (χ4n) is 2.87. The lowest BCUT2D eigenvalue weighted by atomic mass is 9.95. The number of aromatic nitrogens is 2. The van der Waals surface area contributed by atoms with Gasteiger partial charge >= 0.3 is 0 Å². The summed E-state index contributed by atoms with van der Waals surface area (Å²) in [7, 11) is 0. The number of carbonyl (C=O) groups excluding carboxylic acids is 1. The summed E-state index contributed by atoms with van der Waals surface area (Å²) in [4.78, 5) is 23.3. The number of piperidine rings is 1. The number of aryl methyl sites for hydroxylation is 2. The van der Waals surface area contributed by atoms with Gasteiger partial charge in [-0.15, -0.1) is 11.3 Å². The van der Waals surface area contributed by atoms with E-state index in [-0.39, 0.29) is 11.9 Å². The Bertz CT molecular complexity index is 715. The third kappa shape index (κ3) is 3.67. The van der Waals surface area contributed by atoms with Gasteiger partial charge in [-0.25, -0.2) is 9.97 Å². The standard InChI is InChI=1S/C16H22N4OS2/c1-9-6-17-5-4-12(9)20-13(21)7-22-15-14-10(2)11(3)23-16(14)19-8-18-15/h8-9,12,17H,4-7H2,1-3H3,(H,20,21). The Balaban J connectivity index is 1.65. The van der Waals surface area contributed by atoms with Crippen LogP contribution in [-0.2, 0) is 4.79 Å². The molecule has 23 heavy (non-hydrogen) atoms. The maximum absolute atomic E-state index is 12.3. The molecule has 0 spiro atoms. The minimum atomic E-state index is 0.0881. The Kier molecular flexibility index (Phi) is 5.18. The molecule has 1 aliphatic rings. The maximum atomic E-state index is 12.3. The molecule has 2 atom stereocenters. The van der Waals surface area contributed by atoms with E-state index in [4.69, 9.17) is 0 Å². The number of carbonyl (C=O) groups is 1. The minimum Gasteiger partial charge on any atom is -0.352 e. The second-order valence-corrected chi connectivity index (χ2v) is 8.24. The van der Waals surface area contributed by atoms with Gasteiger partial charge in [0.2, 0.25) is 5.91 Å². The second kappa shape index (κ2) is 7.15. The predicted octanol–water partition coefficient (Wildman–Crippen LogP) is 2.51.